The number of tetrazole rings is 1. The molecule has 1 aromatic heterocycles. The minimum Gasteiger partial charge on any atom is -0.342 e. The molecular formula is C17H31N7O. The van der Waals surface area contributed by atoms with Gasteiger partial charge in [0, 0.05) is 58.8 Å². The van der Waals surface area contributed by atoms with E-state index >= 15 is 0 Å². The number of aromatic nitrogens is 4. The van der Waals surface area contributed by atoms with E-state index in [0.717, 1.165) is 71.0 Å². The smallest absolute Gasteiger partial charge is 0.219 e. The van der Waals surface area contributed by atoms with Crippen LogP contribution in [0.3, 0.4) is 0 Å². The predicted molar refractivity (Wildman–Crippen MR) is 94.8 cm³/mol. The normalized spacial score (nSPS) is 26.1. The zero-order chi connectivity index (χ0) is 17.8. The van der Waals surface area contributed by atoms with Gasteiger partial charge in [0.25, 0.3) is 0 Å². The van der Waals surface area contributed by atoms with Crippen molar-refractivity contribution in [2.45, 2.75) is 52.7 Å². The summed E-state index contributed by atoms with van der Waals surface area (Å²) in [4.78, 5) is 18.7. The zero-order valence-electron chi connectivity index (χ0n) is 15.8. The number of nitrogens with zero attached hydrogens (tertiary/aromatic N) is 7. The molecular weight excluding hydrogens is 318 g/mol. The van der Waals surface area contributed by atoms with E-state index in [2.05, 4.69) is 39.2 Å². The van der Waals surface area contributed by atoms with Gasteiger partial charge in [0.15, 0.2) is 5.82 Å². The number of rotatable bonds is 5. The maximum Gasteiger partial charge on any atom is 0.219 e. The summed E-state index contributed by atoms with van der Waals surface area (Å²) in [5, 5.41) is 12.1. The lowest BCUT2D eigenvalue weighted by Gasteiger charge is -2.30. The lowest BCUT2D eigenvalue weighted by molar-refractivity contribution is -0.128. The molecule has 25 heavy (non-hydrogen) atoms. The van der Waals surface area contributed by atoms with E-state index < -0.39 is 0 Å². The summed E-state index contributed by atoms with van der Waals surface area (Å²) in [6.07, 6.45) is 2.11. The van der Waals surface area contributed by atoms with Gasteiger partial charge in [-0.2, -0.15) is 0 Å². The highest BCUT2D eigenvalue weighted by molar-refractivity contribution is 5.73. The van der Waals surface area contributed by atoms with Crippen molar-refractivity contribution >= 4 is 5.91 Å². The highest BCUT2D eigenvalue weighted by atomic mass is 16.2. The molecule has 2 fully saturated rings. The standard InChI is InChI=1S/C17H31N7O/c1-4-6-24-17(18-19-20-24)13-21-11-14(2)16(12-21)23-8-5-7-22(9-10-23)15(3)25/h14,16H,4-13H2,1-3H3. The van der Waals surface area contributed by atoms with Crippen LogP contribution in [0.4, 0.5) is 0 Å². The Bertz CT molecular complexity index is 575. The highest BCUT2D eigenvalue weighted by Crippen LogP contribution is 2.24. The molecule has 1 aromatic rings. The molecule has 2 saturated heterocycles. The second-order valence-electron chi connectivity index (χ2n) is 7.45. The molecule has 1 amide bonds. The molecule has 0 radical (unpaired) electrons. The Kier molecular flexibility index (Phi) is 6.01. The molecule has 3 rings (SSSR count). The van der Waals surface area contributed by atoms with Crippen LogP contribution >= 0.6 is 0 Å². The summed E-state index contributed by atoms with van der Waals surface area (Å²) in [6, 6.07) is 0.558. The van der Waals surface area contributed by atoms with Crippen molar-refractivity contribution in [3.05, 3.63) is 5.82 Å². The summed E-state index contributed by atoms with van der Waals surface area (Å²) < 4.78 is 1.93. The van der Waals surface area contributed by atoms with Crippen LogP contribution in [0.1, 0.15) is 39.4 Å². The van der Waals surface area contributed by atoms with Crippen LogP contribution in [0.25, 0.3) is 0 Å². The van der Waals surface area contributed by atoms with E-state index in [1.807, 2.05) is 9.58 Å². The van der Waals surface area contributed by atoms with Gasteiger partial charge >= 0.3 is 0 Å². The van der Waals surface area contributed by atoms with Crippen molar-refractivity contribution in [2.75, 3.05) is 39.3 Å². The van der Waals surface area contributed by atoms with Gasteiger partial charge in [-0.1, -0.05) is 13.8 Å². The molecule has 8 heteroatoms. The number of aryl methyl sites for hydroxylation is 1. The molecule has 0 aromatic carbocycles. The van der Waals surface area contributed by atoms with Crippen molar-refractivity contribution in [3.63, 3.8) is 0 Å². The minimum absolute atomic E-state index is 0.200. The molecule has 2 aliphatic rings. The van der Waals surface area contributed by atoms with Crippen molar-refractivity contribution in [3.8, 4) is 0 Å². The van der Waals surface area contributed by atoms with Crippen molar-refractivity contribution in [1.29, 1.82) is 0 Å². The Morgan fingerprint density at radius 3 is 2.80 bits per heavy atom. The van der Waals surface area contributed by atoms with Crippen molar-refractivity contribution < 1.29 is 4.79 Å². The third-order valence-electron chi connectivity index (χ3n) is 5.50. The second kappa shape index (κ2) is 8.23. The molecule has 2 atom stereocenters. The molecule has 2 unspecified atom stereocenters. The monoisotopic (exact) mass is 349 g/mol. The van der Waals surface area contributed by atoms with Crippen molar-refractivity contribution in [2.24, 2.45) is 5.92 Å². The first-order valence-electron chi connectivity index (χ1n) is 9.55. The number of likely N-dealkylation sites (tertiary alicyclic amines) is 1. The second-order valence-corrected chi connectivity index (χ2v) is 7.45. The van der Waals surface area contributed by atoms with Crippen LogP contribution in [0.2, 0.25) is 0 Å². The van der Waals surface area contributed by atoms with Crippen LogP contribution in [0.15, 0.2) is 0 Å². The Morgan fingerprint density at radius 1 is 1.20 bits per heavy atom. The van der Waals surface area contributed by atoms with Gasteiger partial charge < -0.3 is 4.90 Å². The average molecular weight is 349 g/mol. The first-order chi connectivity index (χ1) is 12.1. The van der Waals surface area contributed by atoms with Crippen LogP contribution in [0.5, 0.6) is 0 Å². The molecule has 2 aliphatic heterocycles. The fraction of sp³-hybridized carbons (Fsp3) is 0.882. The Balaban J connectivity index is 1.57. The molecule has 0 aliphatic carbocycles. The topological polar surface area (TPSA) is 70.4 Å². The molecule has 0 saturated carbocycles. The number of amides is 1. The van der Waals surface area contributed by atoms with Gasteiger partial charge in [-0.15, -0.1) is 5.10 Å². The van der Waals surface area contributed by atoms with Gasteiger partial charge in [-0.25, -0.2) is 4.68 Å². The number of carbonyl (C=O) groups is 1. The van der Waals surface area contributed by atoms with E-state index in [1.165, 1.54) is 0 Å². The average Bonchev–Trinajstić information content (AvgIpc) is 3.06. The maximum absolute atomic E-state index is 11.6. The molecule has 0 bridgehead atoms. The van der Waals surface area contributed by atoms with Crippen LogP contribution < -0.4 is 0 Å². The zero-order valence-corrected chi connectivity index (χ0v) is 15.8. The fourth-order valence-corrected chi connectivity index (χ4v) is 4.16. The Hall–Kier alpha value is -1.54. The van der Waals surface area contributed by atoms with Gasteiger partial charge in [0.05, 0.1) is 6.54 Å². The summed E-state index contributed by atoms with van der Waals surface area (Å²) in [5.74, 6) is 1.79. The fourth-order valence-electron chi connectivity index (χ4n) is 4.16. The van der Waals surface area contributed by atoms with Crippen LogP contribution in [-0.2, 0) is 17.9 Å². The van der Waals surface area contributed by atoms with E-state index in [0.29, 0.717) is 12.0 Å². The van der Waals surface area contributed by atoms with E-state index in [-0.39, 0.29) is 5.91 Å². The molecule has 0 spiro atoms. The lowest BCUT2D eigenvalue weighted by atomic mass is 10.0. The van der Waals surface area contributed by atoms with Gasteiger partial charge in [0.2, 0.25) is 5.91 Å². The minimum atomic E-state index is 0.200. The summed E-state index contributed by atoms with van der Waals surface area (Å²) in [5.41, 5.74) is 0. The van der Waals surface area contributed by atoms with Crippen molar-refractivity contribution in [1.82, 2.24) is 34.9 Å². The van der Waals surface area contributed by atoms with Crippen LogP contribution in [-0.4, -0.2) is 86.1 Å². The molecule has 3 heterocycles. The number of hydrogen-bond acceptors (Lipinski definition) is 6. The molecule has 140 valence electrons. The van der Waals surface area contributed by atoms with Gasteiger partial charge in [0.1, 0.15) is 0 Å². The third kappa shape index (κ3) is 4.36. The largest absolute Gasteiger partial charge is 0.342 e. The predicted octanol–water partition coefficient (Wildman–Crippen LogP) is 0.458. The Labute approximate surface area is 150 Å². The molecule has 8 nitrogen and oxygen atoms in total. The number of carbonyl (C=O) groups excluding carboxylic acids is 1. The van der Waals surface area contributed by atoms with Crippen LogP contribution in [0, 0.1) is 5.92 Å². The Morgan fingerprint density at radius 2 is 2.04 bits per heavy atom. The maximum atomic E-state index is 11.6. The first-order valence-corrected chi connectivity index (χ1v) is 9.55. The summed E-state index contributed by atoms with van der Waals surface area (Å²) in [6.45, 7) is 13.8. The number of hydrogen-bond donors (Lipinski definition) is 0. The van der Waals surface area contributed by atoms with Gasteiger partial charge in [-0.3, -0.25) is 14.6 Å². The van der Waals surface area contributed by atoms with E-state index in [4.69, 9.17) is 0 Å². The molecule has 0 N–H and O–H groups in total. The SMILES string of the molecule is CCCn1nnnc1CN1CC(C)C(N2CCCN(C(C)=O)CC2)C1. The van der Waals surface area contributed by atoms with E-state index in [1.54, 1.807) is 6.92 Å². The quantitative estimate of drug-likeness (QED) is 0.769. The lowest BCUT2D eigenvalue weighted by Crippen LogP contribution is -2.43. The van der Waals surface area contributed by atoms with E-state index in [9.17, 15) is 4.79 Å². The summed E-state index contributed by atoms with van der Waals surface area (Å²) >= 11 is 0. The third-order valence-corrected chi connectivity index (χ3v) is 5.50. The first kappa shape index (κ1) is 18.3. The summed E-state index contributed by atoms with van der Waals surface area (Å²) in [7, 11) is 0. The van der Waals surface area contributed by atoms with Gasteiger partial charge in [-0.05, 0) is 29.2 Å². The highest BCUT2D eigenvalue weighted by Gasteiger charge is 2.35.